The van der Waals surface area contributed by atoms with Gasteiger partial charge in [-0.05, 0) is 66.6 Å². The van der Waals surface area contributed by atoms with Gasteiger partial charge in [0.05, 0.1) is 0 Å². The van der Waals surface area contributed by atoms with Crippen LogP contribution in [0.15, 0.2) is 58.8 Å². The van der Waals surface area contributed by atoms with Crippen LogP contribution in [0.2, 0.25) is 0 Å². The number of nitrogens with zero attached hydrogens (tertiary/aromatic N) is 1. The standard InChI is InChI=1S/C19H19FN2O2S2/c1-13-12-14(20)4-9-17(13)18-10-11-19(25-18)26(23,24)21-15-5-7-16(8-6-15)22(2)3/h4-12,21H,1-3H3. The Morgan fingerprint density at radius 2 is 1.69 bits per heavy atom. The molecule has 1 N–H and O–H groups in total. The minimum atomic E-state index is -3.67. The summed E-state index contributed by atoms with van der Waals surface area (Å²) in [7, 11) is 0.167. The summed E-state index contributed by atoms with van der Waals surface area (Å²) in [5.41, 5.74) is 3.08. The van der Waals surface area contributed by atoms with Gasteiger partial charge in [0.15, 0.2) is 0 Å². The number of aryl methyl sites for hydroxylation is 1. The zero-order valence-electron chi connectivity index (χ0n) is 14.7. The second-order valence-corrected chi connectivity index (χ2v) is 9.12. The SMILES string of the molecule is Cc1cc(F)ccc1-c1ccc(S(=O)(=O)Nc2ccc(N(C)C)cc2)s1. The van der Waals surface area contributed by atoms with Crippen molar-refractivity contribution in [1.29, 1.82) is 0 Å². The molecule has 136 valence electrons. The first-order chi connectivity index (χ1) is 12.3. The maximum absolute atomic E-state index is 13.3. The molecule has 26 heavy (non-hydrogen) atoms. The molecule has 0 atom stereocenters. The fraction of sp³-hybridized carbons (Fsp3) is 0.158. The fourth-order valence-corrected chi connectivity index (χ4v) is 5.00. The Labute approximate surface area is 157 Å². The van der Waals surface area contributed by atoms with Crippen molar-refractivity contribution in [3.05, 3.63) is 66.0 Å². The summed E-state index contributed by atoms with van der Waals surface area (Å²) in [6.07, 6.45) is 0. The third-order valence-electron chi connectivity index (χ3n) is 3.94. The molecule has 0 saturated carbocycles. The molecule has 0 bridgehead atoms. The molecule has 0 amide bonds. The van der Waals surface area contributed by atoms with Crippen molar-refractivity contribution >= 4 is 32.7 Å². The van der Waals surface area contributed by atoms with Crippen LogP contribution >= 0.6 is 11.3 Å². The van der Waals surface area contributed by atoms with Crippen molar-refractivity contribution < 1.29 is 12.8 Å². The molecular weight excluding hydrogens is 371 g/mol. The lowest BCUT2D eigenvalue weighted by molar-refractivity contribution is 0.603. The van der Waals surface area contributed by atoms with Crippen LogP contribution in [0.1, 0.15) is 5.56 Å². The van der Waals surface area contributed by atoms with Crippen LogP contribution in [0.4, 0.5) is 15.8 Å². The molecular formula is C19H19FN2O2S2. The van der Waals surface area contributed by atoms with E-state index in [-0.39, 0.29) is 10.0 Å². The van der Waals surface area contributed by atoms with Crippen molar-refractivity contribution in [2.24, 2.45) is 0 Å². The number of halogens is 1. The van der Waals surface area contributed by atoms with Crippen LogP contribution in [0.3, 0.4) is 0 Å². The number of hydrogen-bond acceptors (Lipinski definition) is 4. The Morgan fingerprint density at radius 3 is 2.31 bits per heavy atom. The molecule has 7 heteroatoms. The zero-order chi connectivity index (χ0) is 18.9. The van der Waals surface area contributed by atoms with Gasteiger partial charge in [-0.15, -0.1) is 11.3 Å². The van der Waals surface area contributed by atoms with Gasteiger partial charge in [0.2, 0.25) is 0 Å². The van der Waals surface area contributed by atoms with Crippen LogP contribution in [0.25, 0.3) is 10.4 Å². The Hall–Kier alpha value is -2.38. The summed E-state index contributed by atoms with van der Waals surface area (Å²) < 4.78 is 41.3. The minimum absolute atomic E-state index is 0.216. The highest BCUT2D eigenvalue weighted by atomic mass is 32.2. The van der Waals surface area contributed by atoms with Crippen molar-refractivity contribution in [2.45, 2.75) is 11.1 Å². The zero-order valence-corrected chi connectivity index (χ0v) is 16.3. The second-order valence-electron chi connectivity index (χ2n) is 6.12. The van der Waals surface area contributed by atoms with E-state index in [4.69, 9.17) is 0 Å². The smallest absolute Gasteiger partial charge is 0.271 e. The number of rotatable bonds is 5. The quantitative estimate of drug-likeness (QED) is 0.685. The van der Waals surface area contributed by atoms with Crippen LogP contribution in [-0.4, -0.2) is 22.5 Å². The minimum Gasteiger partial charge on any atom is -0.378 e. The lowest BCUT2D eigenvalue weighted by atomic mass is 10.1. The average Bonchev–Trinajstić information content (AvgIpc) is 3.05. The summed E-state index contributed by atoms with van der Waals surface area (Å²) in [6.45, 7) is 1.80. The normalized spacial score (nSPS) is 11.4. The molecule has 0 fully saturated rings. The highest BCUT2D eigenvalue weighted by molar-refractivity contribution is 7.94. The molecule has 0 saturated heterocycles. The number of nitrogens with one attached hydrogen (secondary N) is 1. The van der Waals surface area contributed by atoms with Crippen LogP contribution in [0, 0.1) is 12.7 Å². The summed E-state index contributed by atoms with van der Waals surface area (Å²) in [4.78, 5) is 2.72. The molecule has 0 aliphatic carbocycles. The van der Waals surface area contributed by atoms with Gasteiger partial charge in [0.1, 0.15) is 10.0 Å². The van der Waals surface area contributed by atoms with Gasteiger partial charge in [0.25, 0.3) is 10.0 Å². The van der Waals surface area contributed by atoms with E-state index >= 15 is 0 Å². The van der Waals surface area contributed by atoms with Gasteiger partial charge in [-0.1, -0.05) is 6.07 Å². The molecule has 0 unspecified atom stereocenters. The van der Waals surface area contributed by atoms with Gasteiger partial charge >= 0.3 is 0 Å². The van der Waals surface area contributed by atoms with Gasteiger partial charge in [-0.2, -0.15) is 0 Å². The first-order valence-electron chi connectivity index (χ1n) is 7.93. The first kappa shape index (κ1) is 18.4. The molecule has 1 heterocycles. The predicted octanol–water partition coefficient (Wildman–Crippen LogP) is 4.73. The van der Waals surface area contributed by atoms with E-state index in [0.29, 0.717) is 5.69 Å². The Bertz CT molecular complexity index is 1030. The van der Waals surface area contributed by atoms with Crippen molar-refractivity contribution in [3.8, 4) is 10.4 Å². The Kier molecular flexibility index (Phi) is 5.02. The van der Waals surface area contributed by atoms with Gasteiger partial charge in [-0.25, -0.2) is 12.8 Å². The second kappa shape index (κ2) is 7.09. The average molecular weight is 391 g/mol. The van der Waals surface area contributed by atoms with Crippen LogP contribution in [0.5, 0.6) is 0 Å². The molecule has 0 aliphatic heterocycles. The largest absolute Gasteiger partial charge is 0.378 e. The maximum Gasteiger partial charge on any atom is 0.271 e. The molecule has 0 aliphatic rings. The Morgan fingerprint density at radius 1 is 1.00 bits per heavy atom. The van der Waals surface area contributed by atoms with E-state index in [1.54, 1.807) is 37.3 Å². The predicted molar refractivity (Wildman–Crippen MR) is 106 cm³/mol. The van der Waals surface area contributed by atoms with E-state index in [1.807, 2.05) is 31.1 Å². The molecule has 3 rings (SSSR count). The molecule has 3 aromatic rings. The van der Waals surface area contributed by atoms with Crippen LogP contribution in [-0.2, 0) is 10.0 Å². The highest BCUT2D eigenvalue weighted by Crippen LogP contribution is 2.33. The van der Waals surface area contributed by atoms with Gasteiger partial charge < -0.3 is 4.90 Å². The Balaban J connectivity index is 1.85. The third kappa shape index (κ3) is 3.89. The number of benzene rings is 2. The first-order valence-corrected chi connectivity index (χ1v) is 10.2. The monoisotopic (exact) mass is 390 g/mol. The summed E-state index contributed by atoms with van der Waals surface area (Å²) >= 11 is 1.16. The molecule has 2 aromatic carbocycles. The molecule has 0 radical (unpaired) electrons. The molecule has 1 aromatic heterocycles. The number of sulfonamides is 1. The lowest BCUT2D eigenvalue weighted by Gasteiger charge is -2.13. The molecule has 4 nitrogen and oxygen atoms in total. The third-order valence-corrected chi connectivity index (χ3v) is 6.93. The van der Waals surface area contributed by atoms with Crippen molar-refractivity contribution in [3.63, 3.8) is 0 Å². The van der Waals surface area contributed by atoms with Crippen LogP contribution < -0.4 is 9.62 Å². The van der Waals surface area contributed by atoms with E-state index in [1.165, 1.54) is 12.1 Å². The van der Waals surface area contributed by atoms with Gasteiger partial charge in [-0.3, -0.25) is 4.72 Å². The van der Waals surface area contributed by atoms with E-state index in [2.05, 4.69) is 4.72 Å². The van der Waals surface area contributed by atoms with Crippen molar-refractivity contribution in [2.75, 3.05) is 23.7 Å². The number of thiophene rings is 1. The fourth-order valence-electron chi connectivity index (χ4n) is 2.55. The highest BCUT2D eigenvalue weighted by Gasteiger charge is 2.18. The van der Waals surface area contributed by atoms with Crippen molar-refractivity contribution in [1.82, 2.24) is 0 Å². The maximum atomic E-state index is 13.3. The number of hydrogen-bond donors (Lipinski definition) is 1. The van der Waals surface area contributed by atoms with E-state index in [9.17, 15) is 12.8 Å². The van der Waals surface area contributed by atoms with E-state index in [0.717, 1.165) is 33.0 Å². The summed E-state index contributed by atoms with van der Waals surface area (Å²) in [6, 6.07) is 14.9. The lowest BCUT2D eigenvalue weighted by Crippen LogP contribution is -2.12. The molecule has 0 spiro atoms. The van der Waals surface area contributed by atoms with Gasteiger partial charge in [0, 0.05) is 30.3 Å². The topological polar surface area (TPSA) is 49.4 Å². The van der Waals surface area contributed by atoms with E-state index < -0.39 is 10.0 Å². The summed E-state index contributed by atoms with van der Waals surface area (Å²) in [5.74, 6) is -0.307. The number of anilines is 2. The summed E-state index contributed by atoms with van der Waals surface area (Å²) in [5, 5.41) is 0.